The van der Waals surface area contributed by atoms with Gasteiger partial charge in [0.1, 0.15) is 18.2 Å². The van der Waals surface area contributed by atoms with E-state index in [1.165, 1.54) is 12.1 Å². The molecule has 0 N–H and O–H groups in total. The Hall–Kier alpha value is -2.36. The van der Waals surface area contributed by atoms with Crippen LogP contribution in [0.1, 0.15) is 18.1 Å². The molecule has 0 radical (unpaired) electrons. The van der Waals surface area contributed by atoms with Crippen LogP contribution in [0.5, 0.6) is 5.75 Å². The van der Waals surface area contributed by atoms with E-state index in [2.05, 4.69) is 0 Å². The van der Waals surface area contributed by atoms with Gasteiger partial charge in [-0.1, -0.05) is 30.3 Å². The molecule has 0 saturated heterocycles. The van der Waals surface area contributed by atoms with Gasteiger partial charge in [-0.15, -0.1) is 0 Å². The Morgan fingerprint density at radius 3 is 2.57 bits per heavy atom. The van der Waals surface area contributed by atoms with Gasteiger partial charge in [0.15, 0.2) is 0 Å². The van der Waals surface area contributed by atoms with Gasteiger partial charge in [0.2, 0.25) is 0 Å². The zero-order chi connectivity index (χ0) is 15.1. The van der Waals surface area contributed by atoms with Gasteiger partial charge in [-0.25, -0.2) is 4.39 Å². The Morgan fingerprint density at radius 1 is 1.10 bits per heavy atom. The van der Waals surface area contributed by atoms with Gasteiger partial charge in [-0.3, -0.25) is 4.79 Å². The summed E-state index contributed by atoms with van der Waals surface area (Å²) in [5, 5.41) is 0. The molecule has 110 valence electrons. The van der Waals surface area contributed by atoms with E-state index in [0.29, 0.717) is 24.5 Å². The highest BCUT2D eigenvalue weighted by molar-refractivity contribution is 5.72. The maximum absolute atomic E-state index is 13.6. The van der Waals surface area contributed by atoms with Gasteiger partial charge < -0.3 is 9.47 Å². The summed E-state index contributed by atoms with van der Waals surface area (Å²) in [5.41, 5.74) is 1.53. The molecule has 0 spiro atoms. The van der Waals surface area contributed by atoms with Gasteiger partial charge in [0.05, 0.1) is 13.0 Å². The van der Waals surface area contributed by atoms with Crippen LogP contribution in [0.4, 0.5) is 4.39 Å². The molecule has 0 saturated carbocycles. The van der Waals surface area contributed by atoms with Crippen LogP contribution in [0.25, 0.3) is 0 Å². The summed E-state index contributed by atoms with van der Waals surface area (Å²) in [6, 6.07) is 13.9. The first kappa shape index (κ1) is 15.0. The Balaban J connectivity index is 2.03. The van der Waals surface area contributed by atoms with Gasteiger partial charge in [0, 0.05) is 6.07 Å². The SMILES string of the molecule is CCOC(=O)Cc1cc(F)cc(OCc2ccccc2)c1. The molecule has 0 fully saturated rings. The van der Waals surface area contributed by atoms with E-state index < -0.39 is 5.82 Å². The van der Waals surface area contributed by atoms with Gasteiger partial charge in [-0.2, -0.15) is 0 Å². The molecule has 3 nitrogen and oxygen atoms in total. The van der Waals surface area contributed by atoms with E-state index >= 15 is 0 Å². The average molecular weight is 288 g/mol. The van der Waals surface area contributed by atoms with Gasteiger partial charge in [-0.05, 0) is 30.2 Å². The smallest absolute Gasteiger partial charge is 0.310 e. The molecular weight excluding hydrogens is 271 g/mol. The standard InChI is InChI=1S/C17H17FO3/c1-2-20-17(19)10-14-8-15(18)11-16(9-14)21-12-13-6-4-3-5-7-13/h3-9,11H,2,10,12H2,1H3. The van der Waals surface area contributed by atoms with Crippen molar-refractivity contribution >= 4 is 5.97 Å². The minimum Gasteiger partial charge on any atom is -0.489 e. The lowest BCUT2D eigenvalue weighted by Crippen LogP contribution is -2.08. The molecule has 0 aliphatic rings. The minimum atomic E-state index is -0.431. The fourth-order valence-corrected chi connectivity index (χ4v) is 1.93. The normalized spacial score (nSPS) is 10.2. The molecule has 2 aromatic carbocycles. The third-order valence-electron chi connectivity index (χ3n) is 2.83. The minimum absolute atomic E-state index is 0.0350. The van der Waals surface area contributed by atoms with Crippen molar-refractivity contribution in [3.63, 3.8) is 0 Å². The zero-order valence-electron chi connectivity index (χ0n) is 11.8. The topological polar surface area (TPSA) is 35.5 Å². The molecule has 0 unspecified atom stereocenters. The summed E-state index contributed by atoms with van der Waals surface area (Å²) in [6.45, 7) is 2.40. The highest BCUT2D eigenvalue weighted by atomic mass is 19.1. The number of rotatable bonds is 6. The summed E-state index contributed by atoms with van der Waals surface area (Å²) in [5.74, 6) is -0.407. The Bertz CT molecular complexity index is 596. The van der Waals surface area contributed by atoms with E-state index in [4.69, 9.17) is 9.47 Å². The molecular formula is C17H17FO3. The fraction of sp³-hybridized carbons (Fsp3) is 0.235. The third-order valence-corrected chi connectivity index (χ3v) is 2.83. The Kier molecular flexibility index (Phi) is 5.32. The number of esters is 1. The number of ether oxygens (including phenoxy) is 2. The highest BCUT2D eigenvalue weighted by Gasteiger charge is 2.08. The summed E-state index contributed by atoms with van der Waals surface area (Å²) in [4.78, 5) is 11.4. The average Bonchev–Trinajstić information content (AvgIpc) is 2.46. The molecule has 0 aromatic heterocycles. The van der Waals surface area contributed by atoms with Crippen molar-refractivity contribution in [2.45, 2.75) is 20.0 Å². The van der Waals surface area contributed by atoms with E-state index in [1.807, 2.05) is 30.3 Å². The molecule has 0 aliphatic carbocycles. The van der Waals surface area contributed by atoms with Crippen LogP contribution in [0, 0.1) is 5.82 Å². The second-order valence-corrected chi connectivity index (χ2v) is 4.55. The van der Waals surface area contributed by atoms with E-state index in [0.717, 1.165) is 5.56 Å². The molecule has 0 atom stereocenters. The number of carbonyl (C=O) groups excluding carboxylic acids is 1. The number of hydrogen-bond acceptors (Lipinski definition) is 3. The van der Waals surface area contributed by atoms with Gasteiger partial charge in [0.25, 0.3) is 0 Å². The predicted molar refractivity (Wildman–Crippen MR) is 77.5 cm³/mol. The van der Waals surface area contributed by atoms with E-state index in [-0.39, 0.29) is 12.4 Å². The fourth-order valence-electron chi connectivity index (χ4n) is 1.93. The van der Waals surface area contributed by atoms with Crippen LogP contribution >= 0.6 is 0 Å². The second kappa shape index (κ2) is 7.43. The molecule has 4 heteroatoms. The van der Waals surface area contributed by atoms with Crippen molar-refractivity contribution < 1.29 is 18.7 Å². The van der Waals surface area contributed by atoms with Crippen LogP contribution in [-0.2, 0) is 22.6 Å². The number of hydrogen-bond donors (Lipinski definition) is 0. The van der Waals surface area contributed by atoms with Crippen LogP contribution in [0.2, 0.25) is 0 Å². The van der Waals surface area contributed by atoms with E-state index in [9.17, 15) is 9.18 Å². The second-order valence-electron chi connectivity index (χ2n) is 4.55. The Labute approximate surface area is 123 Å². The van der Waals surface area contributed by atoms with Crippen LogP contribution in [0.3, 0.4) is 0 Å². The largest absolute Gasteiger partial charge is 0.489 e. The summed E-state index contributed by atoms with van der Waals surface area (Å²) < 4.78 is 24.0. The zero-order valence-corrected chi connectivity index (χ0v) is 11.8. The first-order chi connectivity index (χ1) is 10.2. The van der Waals surface area contributed by atoms with Crippen molar-refractivity contribution in [1.29, 1.82) is 0 Å². The maximum atomic E-state index is 13.6. The molecule has 2 rings (SSSR count). The quantitative estimate of drug-likeness (QED) is 0.763. The monoisotopic (exact) mass is 288 g/mol. The molecule has 0 heterocycles. The number of carbonyl (C=O) groups is 1. The van der Waals surface area contributed by atoms with Crippen molar-refractivity contribution in [3.8, 4) is 5.75 Å². The van der Waals surface area contributed by atoms with Crippen molar-refractivity contribution in [1.82, 2.24) is 0 Å². The van der Waals surface area contributed by atoms with Crippen molar-refractivity contribution in [2.24, 2.45) is 0 Å². The summed E-state index contributed by atoms with van der Waals surface area (Å²) in [6.07, 6.45) is 0.0350. The number of benzene rings is 2. The summed E-state index contributed by atoms with van der Waals surface area (Å²) in [7, 11) is 0. The predicted octanol–water partition coefficient (Wildman–Crippen LogP) is 3.51. The lowest BCUT2D eigenvalue weighted by Gasteiger charge is -2.09. The van der Waals surface area contributed by atoms with E-state index in [1.54, 1.807) is 13.0 Å². The molecule has 0 aliphatic heterocycles. The van der Waals surface area contributed by atoms with Crippen molar-refractivity contribution in [3.05, 3.63) is 65.5 Å². The molecule has 0 amide bonds. The maximum Gasteiger partial charge on any atom is 0.310 e. The van der Waals surface area contributed by atoms with Gasteiger partial charge >= 0.3 is 5.97 Å². The lowest BCUT2D eigenvalue weighted by atomic mass is 10.1. The lowest BCUT2D eigenvalue weighted by molar-refractivity contribution is -0.142. The van der Waals surface area contributed by atoms with Crippen LogP contribution in [-0.4, -0.2) is 12.6 Å². The first-order valence-corrected chi connectivity index (χ1v) is 6.79. The summed E-state index contributed by atoms with van der Waals surface area (Å²) >= 11 is 0. The molecule has 2 aromatic rings. The molecule has 0 bridgehead atoms. The van der Waals surface area contributed by atoms with Crippen molar-refractivity contribution in [2.75, 3.05) is 6.61 Å². The molecule has 21 heavy (non-hydrogen) atoms. The number of halogens is 1. The van der Waals surface area contributed by atoms with Crippen LogP contribution in [0.15, 0.2) is 48.5 Å². The highest BCUT2D eigenvalue weighted by Crippen LogP contribution is 2.18. The third kappa shape index (κ3) is 4.91. The Morgan fingerprint density at radius 2 is 1.86 bits per heavy atom. The first-order valence-electron chi connectivity index (χ1n) is 6.79. The van der Waals surface area contributed by atoms with Crippen LogP contribution < -0.4 is 4.74 Å².